The first-order chi connectivity index (χ1) is 20.3. The number of aliphatic carboxylic acids is 1. The van der Waals surface area contributed by atoms with Gasteiger partial charge in [0, 0.05) is 29.9 Å². The van der Waals surface area contributed by atoms with Crippen molar-refractivity contribution in [2.75, 3.05) is 0 Å². The summed E-state index contributed by atoms with van der Waals surface area (Å²) in [5, 5.41) is 27.7. The van der Waals surface area contributed by atoms with Crippen molar-refractivity contribution in [1.29, 1.82) is 0 Å². The van der Waals surface area contributed by atoms with E-state index in [1.165, 1.54) is 12.1 Å². The van der Waals surface area contributed by atoms with Crippen LogP contribution in [0.3, 0.4) is 0 Å². The smallest absolute Gasteiger partial charge is 0.326 e. The molecule has 13 nitrogen and oxygen atoms in total. The number of aromatic hydroxyl groups is 1. The minimum atomic E-state index is -1.53. The van der Waals surface area contributed by atoms with Crippen LogP contribution in [-0.4, -0.2) is 69.0 Å². The van der Waals surface area contributed by atoms with E-state index in [-0.39, 0.29) is 24.5 Å². The number of nitrogens with one attached hydrogen (secondary N) is 4. The number of primary amides is 1. The fourth-order valence-corrected chi connectivity index (χ4v) is 4.65. The lowest BCUT2D eigenvalue weighted by molar-refractivity contribution is -0.142. The number of carbonyl (C=O) groups is 5. The summed E-state index contributed by atoms with van der Waals surface area (Å²) in [6, 6.07) is 8.18. The molecule has 0 aliphatic heterocycles. The predicted molar refractivity (Wildman–Crippen MR) is 158 cm³/mol. The Kier molecular flexibility index (Phi) is 11.2. The van der Waals surface area contributed by atoms with E-state index in [0.717, 1.165) is 10.9 Å². The van der Waals surface area contributed by atoms with E-state index in [1.807, 2.05) is 32.0 Å². The van der Waals surface area contributed by atoms with Gasteiger partial charge in [0.1, 0.15) is 23.9 Å². The lowest BCUT2D eigenvalue weighted by Gasteiger charge is -2.25. The molecule has 13 heteroatoms. The van der Waals surface area contributed by atoms with Crippen LogP contribution < -0.4 is 27.4 Å². The van der Waals surface area contributed by atoms with Gasteiger partial charge in [0.15, 0.2) is 0 Å². The van der Waals surface area contributed by atoms with Crippen LogP contribution in [0, 0.1) is 5.92 Å². The van der Waals surface area contributed by atoms with Gasteiger partial charge in [-0.3, -0.25) is 19.2 Å². The van der Waals surface area contributed by atoms with Crippen molar-refractivity contribution >= 4 is 40.5 Å². The first-order valence-corrected chi connectivity index (χ1v) is 13.8. The number of rotatable bonds is 15. The third kappa shape index (κ3) is 9.57. The Labute approximate surface area is 248 Å². The number of phenolic OH excluding ortho intramolecular Hbond substituents is 1. The van der Waals surface area contributed by atoms with Crippen LogP contribution in [0.4, 0.5) is 0 Å². The average molecular weight is 595 g/mol. The molecular formula is C30H38N6O7. The maximum Gasteiger partial charge on any atom is 0.326 e. The molecule has 4 atom stereocenters. The van der Waals surface area contributed by atoms with E-state index in [4.69, 9.17) is 11.5 Å². The summed E-state index contributed by atoms with van der Waals surface area (Å²) in [5.74, 6) is -4.46. The molecule has 10 N–H and O–H groups in total. The molecule has 2 aromatic carbocycles. The second-order valence-corrected chi connectivity index (χ2v) is 10.9. The van der Waals surface area contributed by atoms with Crippen LogP contribution in [0.25, 0.3) is 10.9 Å². The second-order valence-electron chi connectivity index (χ2n) is 10.9. The van der Waals surface area contributed by atoms with Gasteiger partial charge in [0.25, 0.3) is 0 Å². The lowest BCUT2D eigenvalue weighted by atomic mass is 10.0. The van der Waals surface area contributed by atoms with Gasteiger partial charge in [-0.25, -0.2) is 4.79 Å². The Hall–Kier alpha value is -4.91. The molecule has 43 heavy (non-hydrogen) atoms. The van der Waals surface area contributed by atoms with E-state index in [0.29, 0.717) is 17.5 Å². The second kappa shape index (κ2) is 14.8. The van der Waals surface area contributed by atoms with E-state index < -0.39 is 60.2 Å². The number of carboxylic acids is 1. The highest BCUT2D eigenvalue weighted by Gasteiger charge is 2.32. The molecule has 0 radical (unpaired) electrons. The van der Waals surface area contributed by atoms with Gasteiger partial charge in [-0.15, -0.1) is 0 Å². The monoisotopic (exact) mass is 594 g/mol. The van der Waals surface area contributed by atoms with Crippen molar-refractivity contribution in [3.8, 4) is 5.75 Å². The number of carboxylic acid groups (broad SMARTS) is 1. The van der Waals surface area contributed by atoms with Crippen LogP contribution in [-0.2, 0) is 36.8 Å². The average Bonchev–Trinajstić information content (AvgIpc) is 3.35. The number of fused-ring (bicyclic) bond motifs is 1. The number of hydrogen-bond acceptors (Lipinski definition) is 7. The summed E-state index contributed by atoms with van der Waals surface area (Å²) in [4.78, 5) is 66.5. The van der Waals surface area contributed by atoms with Gasteiger partial charge in [0.05, 0.1) is 12.5 Å². The van der Waals surface area contributed by atoms with Crippen LogP contribution >= 0.6 is 0 Å². The third-order valence-electron chi connectivity index (χ3n) is 6.82. The number of H-pyrrole nitrogens is 1. The molecule has 4 amide bonds. The highest BCUT2D eigenvalue weighted by atomic mass is 16.4. The highest BCUT2D eigenvalue weighted by molar-refractivity contribution is 5.96. The van der Waals surface area contributed by atoms with Gasteiger partial charge in [-0.05, 0) is 41.7 Å². The number of aromatic nitrogens is 1. The molecule has 230 valence electrons. The Morgan fingerprint density at radius 1 is 0.837 bits per heavy atom. The Morgan fingerprint density at radius 3 is 2.07 bits per heavy atom. The number of amides is 4. The standard InChI is InChI=1S/C30H38N6O7/c1-16(2)11-21(31)27(39)34-23(12-17-7-9-19(37)10-8-17)28(40)35-24(14-26(32)38)29(41)36-25(30(42)43)13-18-15-33-22-6-4-3-5-20(18)22/h3-10,15-16,21,23-25,33,37H,11-14,31H2,1-2H3,(H2,32,38)(H,34,39)(H,35,40)(H,36,41)(H,42,43). The molecule has 3 aromatic rings. The molecule has 0 saturated heterocycles. The number of hydrogen-bond donors (Lipinski definition) is 8. The summed E-state index contributed by atoms with van der Waals surface area (Å²) in [5.41, 5.74) is 13.4. The van der Waals surface area contributed by atoms with Crippen molar-refractivity contribution < 1.29 is 34.2 Å². The van der Waals surface area contributed by atoms with Crippen LogP contribution in [0.1, 0.15) is 37.8 Å². The maximum atomic E-state index is 13.4. The van der Waals surface area contributed by atoms with Crippen molar-refractivity contribution in [2.24, 2.45) is 17.4 Å². The predicted octanol–water partition coefficient (Wildman–Crippen LogP) is 0.447. The van der Waals surface area contributed by atoms with Gasteiger partial charge in [-0.2, -0.15) is 0 Å². The molecule has 4 unspecified atom stereocenters. The normalized spacial score (nSPS) is 14.0. The molecule has 0 spiro atoms. The summed E-state index contributed by atoms with van der Waals surface area (Å²) in [6.07, 6.45) is 1.28. The van der Waals surface area contributed by atoms with E-state index >= 15 is 0 Å². The number of phenols is 1. The summed E-state index contributed by atoms with van der Waals surface area (Å²) < 4.78 is 0. The molecule has 0 aliphatic rings. The number of para-hydroxylation sites is 1. The number of carbonyl (C=O) groups excluding carboxylic acids is 4. The third-order valence-corrected chi connectivity index (χ3v) is 6.82. The van der Waals surface area contributed by atoms with Crippen molar-refractivity contribution in [1.82, 2.24) is 20.9 Å². The molecule has 0 bridgehead atoms. The number of aromatic amines is 1. The van der Waals surface area contributed by atoms with E-state index in [9.17, 15) is 34.2 Å². The van der Waals surface area contributed by atoms with Crippen LogP contribution in [0.15, 0.2) is 54.7 Å². The van der Waals surface area contributed by atoms with Crippen LogP contribution in [0.2, 0.25) is 0 Å². The number of nitrogens with two attached hydrogens (primary N) is 2. The largest absolute Gasteiger partial charge is 0.508 e. The Bertz CT molecular complexity index is 1450. The van der Waals surface area contributed by atoms with Crippen molar-refractivity contribution in [3.05, 3.63) is 65.9 Å². The van der Waals surface area contributed by atoms with E-state index in [1.54, 1.807) is 24.4 Å². The first-order valence-electron chi connectivity index (χ1n) is 13.8. The Morgan fingerprint density at radius 2 is 1.44 bits per heavy atom. The van der Waals surface area contributed by atoms with Gasteiger partial charge in [-0.1, -0.05) is 44.2 Å². The zero-order valence-electron chi connectivity index (χ0n) is 24.0. The summed E-state index contributed by atoms with van der Waals surface area (Å²) in [6.45, 7) is 3.79. The molecule has 1 aromatic heterocycles. The zero-order valence-corrected chi connectivity index (χ0v) is 24.0. The van der Waals surface area contributed by atoms with E-state index in [2.05, 4.69) is 20.9 Å². The van der Waals surface area contributed by atoms with Crippen LogP contribution in [0.5, 0.6) is 5.75 Å². The molecular weight excluding hydrogens is 556 g/mol. The first kappa shape index (κ1) is 32.6. The lowest BCUT2D eigenvalue weighted by Crippen LogP contribution is -2.58. The Balaban J connectivity index is 1.79. The summed E-state index contributed by atoms with van der Waals surface area (Å²) >= 11 is 0. The molecule has 3 rings (SSSR count). The maximum absolute atomic E-state index is 13.4. The van der Waals surface area contributed by atoms with Gasteiger partial charge < -0.3 is 42.6 Å². The fourth-order valence-electron chi connectivity index (χ4n) is 4.65. The van der Waals surface area contributed by atoms with Gasteiger partial charge >= 0.3 is 5.97 Å². The SMILES string of the molecule is CC(C)CC(N)C(=O)NC(Cc1ccc(O)cc1)C(=O)NC(CC(N)=O)C(=O)NC(Cc1c[nH]c2ccccc12)C(=O)O. The molecule has 1 heterocycles. The minimum absolute atomic E-state index is 0.00607. The fraction of sp³-hybridized carbons (Fsp3) is 0.367. The molecule has 0 aliphatic carbocycles. The highest BCUT2D eigenvalue weighted by Crippen LogP contribution is 2.19. The van der Waals surface area contributed by atoms with Gasteiger partial charge in [0.2, 0.25) is 23.6 Å². The number of benzene rings is 2. The summed E-state index contributed by atoms with van der Waals surface area (Å²) in [7, 11) is 0. The van der Waals surface area contributed by atoms with Crippen molar-refractivity contribution in [2.45, 2.75) is 63.7 Å². The quantitative estimate of drug-likeness (QED) is 0.123. The minimum Gasteiger partial charge on any atom is -0.508 e. The molecule has 0 fully saturated rings. The van der Waals surface area contributed by atoms with Crippen molar-refractivity contribution in [3.63, 3.8) is 0 Å². The zero-order chi connectivity index (χ0) is 31.7. The topological polar surface area (TPSA) is 230 Å². The molecule has 0 saturated carbocycles.